The molecule has 2 aromatic rings. The smallest absolute Gasteiger partial charge is 0.332 e. The molecule has 0 fully saturated rings. The van der Waals surface area contributed by atoms with Gasteiger partial charge in [-0.1, -0.05) is 48.0 Å². The number of ether oxygens (including phenoxy) is 1. The van der Waals surface area contributed by atoms with E-state index in [0.29, 0.717) is 5.56 Å². The highest BCUT2D eigenvalue weighted by Gasteiger charge is 2.17. The van der Waals surface area contributed by atoms with Crippen LogP contribution in [0.25, 0.3) is 5.70 Å². The van der Waals surface area contributed by atoms with Crippen molar-refractivity contribution in [2.24, 2.45) is 0 Å². The Morgan fingerprint density at radius 3 is 2.29 bits per heavy atom. The fraction of sp³-hybridized carbons (Fsp3) is 0.167. The van der Waals surface area contributed by atoms with E-state index in [9.17, 15) is 13.2 Å². The van der Waals surface area contributed by atoms with Gasteiger partial charge >= 0.3 is 5.97 Å². The van der Waals surface area contributed by atoms with Crippen molar-refractivity contribution >= 4 is 21.7 Å². The molecule has 0 amide bonds. The van der Waals surface area contributed by atoms with Crippen LogP contribution >= 0.6 is 0 Å². The van der Waals surface area contributed by atoms with Gasteiger partial charge in [-0.3, -0.25) is 4.72 Å². The number of benzene rings is 2. The predicted molar refractivity (Wildman–Crippen MR) is 92.6 cm³/mol. The average molecular weight is 345 g/mol. The topological polar surface area (TPSA) is 72.5 Å². The highest BCUT2D eigenvalue weighted by atomic mass is 32.2. The number of rotatable bonds is 6. The van der Waals surface area contributed by atoms with Crippen LogP contribution in [0, 0.1) is 6.92 Å². The lowest BCUT2D eigenvalue weighted by atomic mass is 10.1. The molecule has 0 aliphatic carbocycles. The third kappa shape index (κ3) is 4.70. The summed E-state index contributed by atoms with van der Waals surface area (Å²) in [6, 6.07) is 15.2. The normalized spacial score (nSPS) is 11.8. The molecule has 0 aliphatic rings. The minimum absolute atomic E-state index is 0.124. The van der Waals surface area contributed by atoms with Crippen LogP contribution < -0.4 is 4.72 Å². The molecule has 0 saturated heterocycles. The van der Waals surface area contributed by atoms with Crippen molar-refractivity contribution in [2.45, 2.75) is 18.7 Å². The minimum atomic E-state index is -3.81. The van der Waals surface area contributed by atoms with E-state index in [2.05, 4.69) is 4.72 Å². The maximum Gasteiger partial charge on any atom is 0.332 e. The number of esters is 1. The maximum absolute atomic E-state index is 12.6. The van der Waals surface area contributed by atoms with Crippen LogP contribution in [0.1, 0.15) is 18.1 Å². The molecule has 24 heavy (non-hydrogen) atoms. The van der Waals surface area contributed by atoms with E-state index in [1.165, 1.54) is 12.1 Å². The fourth-order valence-corrected chi connectivity index (χ4v) is 3.09. The van der Waals surface area contributed by atoms with Gasteiger partial charge < -0.3 is 4.74 Å². The third-order valence-corrected chi connectivity index (χ3v) is 4.59. The lowest BCUT2D eigenvalue weighted by Crippen LogP contribution is -2.23. The van der Waals surface area contributed by atoms with Crippen LogP contribution in [-0.4, -0.2) is 21.0 Å². The molecule has 0 saturated carbocycles. The number of hydrogen-bond acceptors (Lipinski definition) is 4. The zero-order chi connectivity index (χ0) is 17.6. The van der Waals surface area contributed by atoms with Gasteiger partial charge in [0.15, 0.2) is 0 Å². The average Bonchev–Trinajstić information content (AvgIpc) is 2.55. The van der Waals surface area contributed by atoms with Gasteiger partial charge in [0.2, 0.25) is 0 Å². The second kappa shape index (κ2) is 7.79. The second-order valence-corrected chi connectivity index (χ2v) is 6.78. The van der Waals surface area contributed by atoms with E-state index in [0.717, 1.165) is 11.6 Å². The number of carbonyl (C=O) groups is 1. The van der Waals surface area contributed by atoms with Crippen LogP contribution in [0.3, 0.4) is 0 Å². The van der Waals surface area contributed by atoms with E-state index in [1.54, 1.807) is 49.4 Å². The first-order chi connectivity index (χ1) is 11.4. The van der Waals surface area contributed by atoms with Gasteiger partial charge in [0, 0.05) is 6.08 Å². The molecule has 0 aliphatic heterocycles. The summed E-state index contributed by atoms with van der Waals surface area (Å²) in [5.74, 6) is -0.608. The zero-order valence-electron chi connectivity index (χ0n) is 13.5. The van der Waals surface area contributed by atoms with Gasteiger partial charge in [0.05, 0.1) is 17.2 Å². The molecule has 0 bridgehead atoms. The van der Waals surface area contributed by atoms with Crippen molar-refractivity contribution in [1.82, 2.24) is 4.72 Å². The lowest BCUT2D eigenvalue weighted by Gasteiger charge is -2.12. The SMILES string of the molecule is CCOC(=O)/C=C(\NS(=O)(=O)c1ccc(C)cc1)c1ccccc1. The largest absolute Gasteiger partial charge is 0.463 e. The van der Waals surface area contributed by atoms with Crippen molar-refractivity contribution < 1.29 is 17.9 Å². The monoisotopic (exact) mass is 345 g/mol. The van der Waals surface area contributed by atoms with Crippen molar-refractivity contribution in [3.05, 3.63) is 71.8 Å². The summed E-state index contributed by atoms with van der Waals surface area (Å²) in [5.41, 5.74) is 1.69. The van der Waals surface area contributed by atoms with Crippen LogP contribution in [-0.2, 0) is 19.6 Å². The second-order valence-electron chi connectivity index (χ2n) is 5.09. The summed E-state index contributed by atoms with van der Waals surface area (Å²) in [7, 11) is -3.81. The molecule has 0 atom stereocenters. The van der Waals surface area contributed by atoms with E-state index in [1.807, 2.05) is 6.92 Å². The zero-order valence-corrected chi connectivity index (χ0v) is 14.3. The van der Waals surface area contributed by atoms with E-state index in [4.69, 9.17) is 4.74 Å². The molecule has 2 aromatic carbocycles. The summed E-state index contributed by atoms with van der Waals surface area (Å²) < 4.78 is 32.5. The van der Waals surface area contributed by atoms with E-state index < -0.39 is 16.0 Å². The lowest BCUT2D eigenvalue weighted by molar-refractivity contribution is -0.137. The van der Waals surface area contributed by atoms with Gasteiger partial charge in [-0.05, 0) is 31.5 Å². The number of nitrogens with one attached hydrogen (secondary N) is 1. The Kier molecular flexibility index (Phi) is 5.76. The summed E-state index contributed by atoms with van der Waals surface area (Å²) in [4.78, 5) is 11.9. The van der Waals surface area contributed by atoms with Gasteiger partial charge in [0.25, 0.3) is 10.0 Å². The van der Waals surface area contributed by atoms with Crippen molar-refractivity contribution in [3.63, 3.8) is 0 Å². The quantitative estimate of drug-likeness (QED) is 0.645. The third-order valence-electron chi connectivity index (χ3n) is 3.21. The number of sulfonamides is 1. The molecule has 0 aromatic heterocycles. The fourth-order valence-electron chi connectivity index (χ4n) is 2.01. The van der Waals surface area contributed by atoms with E-state index in [-0.39, 0.29) is 17.2 Å². The molecule has 0 unspecified atom stereocenters. The number of carbonyl (C=O) groups excluding carboxylic acids is 1. The van der Waals surface area contributed by atoms with Crippen molar-refractivity contribution in [3.8, 4) is 0 Å². The highest BCUT2D eigenvalue weighted by molar-refractivity contribution is 7.89. The Morgan fingerprint density at radius 1 is 1.08 bits per heavy atom. The Balaban J connectivity index is 2.38. The van der Waals surface area contributed by atoms with Crippen LogP contribution in [0.2, 0.25) is 0 Å². The van der Waals surface area contributed by atoms with Crippen LogP contribution in [0.15, 0.2) is 65.6 Å². The summed E-state index contributed by atoms with van der Waals surface area (Å²) in [5, 5.41) is 0. The van der Waals surface area contributed by atoms with E-state index >= 15 is 0 Å². The molecule has 5 nitrogen and oxygen atoms in total. The van der Waals surface area contributed by atoms with Gasteiger partial charge in [-0.2, -0.15) is 0 Å². The number of hydrogen-bond donors (Lipinski definition) is 1. The summed E-state index contributed by atoms with van der Waals surface area (Å²) >= 11 is 0. The van der Waals surface area contributed by atoms with Gasteiger partial charge in [-0.15, -0.1) is 0 Å². The predicted octanol–water partition coefficient (Wildman–Crippen LogP) is 2.88. The Morgan fingerprint density at radius 2 is 1.71 bits per heavy atom. The first-order valence-electron chi connectivity index (χ1n) is 7.46. The molecule has 1 N–H and O–H groups in total. The Bertz CT molecular complexity index is 825. The summed E-state index contributed by atoms with van der Waals surface area (Å²) in [6.07, 6.45) is 1.14. The molecule has 0 radical (unpaired) electrons. The molecule has 2 rings (SSSR count). The highest BCUT2D eigenvalue weighted by Crippen LogP contribution is 2.17. The first-order valence-corrected chi connectivity index (χ1v) is 8.94. The summed E-state index contributed by atoms with van der Waals surface area (Å²) in [6.45, 7) is 3.77. The molecule has 0 spiro atoms. The molecular formula is C18H19NO4S. The molecule has 6 heteroatoms. The molecule has 126 valence electrons. The van der Waals surface area contributed by atoms with Gasteiger partial charge in [0.1, 0.15) is 0 Å². The van der Waals surface area contributed by atoms with Crippen LogP contribution in [0.5, 0.6) is 0 Å². The molecular weight excluding hydrogens is 326 g/mol. The van der Waals surface area contributed by atoms with Gasteiger partial charge in [-0.25, -0.2) is 13.2 Å². The van der Waals surface area contributed by atoms with Crippen molar-refractivity contribution in [1.29, 1.82) is 0 Å². The first kappa shape index (κ1) is 17.7. The Hall–Kier alpha value is -2.60. The standard InChI is InChI=1S/C18H19NO4S/c1-3-23-18(20)13-17(15-7-5-4-6-8-15)19-24(21,22)16-11-9-14(2)10-12-16/h4-13,19H,3H2,1-2H3/b17-13-. The molecule has 0 heterocycles. The number of aryl methyl sites for hydroxylation is 1. The maximum atomic E-state index is 12.6. The Labute approximate surface area is 142 Å². The van der Waals surface area contributed by atoms with Crippen LogP contribution in [0.4, 0.5) is 0 Å². The van der Waals surface area contributed by atoms with Crippen molar-refractivity contribution in [2.75, 3.05) is 6.61 Å². The minimum Gasteiger partial charge on any atom is -0.463 e.